The number of aryl methyl sites for hydroxylation is 3. The number of aromatic nitrogens is 3. The van der Waals surface area contributed by atoms with Crippen molar-refractivity contribution < 1.29 is 0 Å². The van der Waals surface area contributed by atoms with Crippen molar-refractivity contribution in [3.8, 4) is 0 Å². The van der Waals surface area contributed by atoms with Gasteiger partial charge in [0.05, 0.1) is 17.6 Å². The maximum absolute atomic E-state index is 12.4. The first kappa shape index (κ1) is 16.1. The smallest absolute Gasteiger partial charge is 0.329 e. The van der Waals surface area contributed by atoms with Crippen LogP contribution in [0.25, 0.3) is 11.0 Å². The topological polar surface area (TPSA) is 51.9 Å². The molecule has 0 saturated carbocycles. The van der Waals surface area contributed by atoms with E-state index < -0.39 is 0 Å². The minimum absolute atomic E-state index is 0.0517. The van der Waals surface area contributed by atoms with Crippen LogP contribution in [0.5, 0.6) is 0 Å². The molecule has 0 amide bonds. The summed E-state index contributed by atoms with van der Waals surface area (Å²) < 4.78 is 4.18. The number of halogens is 1. The number of anilines is 1. The largest absolute Gasteiger partial charge is 0.380 e. The van der Waals surface area contributed by atoms with Crippen LogP contribution < -0.4 is 11.0 Å². The molecule has 0 saturated heterocycles. The summed E-state index contributed by atoms with van der Waals surface area (Å²) in [6.45, 7) is 8.04. The first-order chi connectivity index (χ1) is 11.0. The van der Waals surface area contributed by atoms with Crippen LogP contribution in [0.15, 0.2) is 23.1 Å². The highest BCUT2D eigenvalue weighted by atomic mass is 35.5. The predicted octanol–water partition coefficient (Wildman–Crippen LogP) is 3.87. The molecule has 0 aliphatic carbocycles. The van der Waals surface area contributed by atoms with Gasteiger partial charge in [-0.05, 0) is 38.5 Å². The van der Waals surface area contributed by atoms with Gasteiger partial charge in [0.2, 0.25) is 0 Å². The highest BCUT2D eigenvalue weighted by molar-refractivity contribution is 7.15. The van der Waals surface area contributed by atoms with E-state index in [1.54, 1.807) is 6.20 Å². The SMILES string of the molecule is CCn1c(=O)n(CC)c2cc(NCc3cnc(Cl)s3)c(C)cc21. The predicted molar refractivity (Wildman–Crippen MR) is 96.7 cm³/mol. The van der Waals surface area contributed by atoms with Gasteiger partial charge in [-0.25, -0.2) is 9.78 Å². The number of imidazole rings is 1. The standard InChI is InChI=1S/C16H19ClN4OS/c1-4-20-13-6-10(3)12(7-14(13)21(5-2)16(20)22)18-8-11-9-19-15(17)23-11/h6-7,9,18H,4-5,8H2,1-3H3. The van der Waals surface area contributed by atoms with Crippen molar-refractivity contribution in [3.05, 3.63) is 43.7 Å². The molecule has 0 spiro atoms. The summed E-state index contributed by atoms with van der Waals surface area (Å²) in [4.78, 5) is 17.6. The number of nitrogens with one attached hydrogen (secondary N) is 1. The van der Waals surface area contributed by atoms with Crippen molar-refractivity contribution in [2.24, 2.45) is 0 Å². The second kappa shape index (κ2) is 6.37. The monoisotopic (exact) mass is 350 g/mol. The molecule has 0 bridgehead atoms. The number of rotatable bonds is 5. The van der Waals surface area contributed by atoms with E-state index >= 15 is 0 Å². The first-order valence-corrected chi connectivity index (χ1v) is 8.82. The third-order valence-corrected chi connectivity index (χ3v) is 5.09. The lowest BCUT2D eigenvalue weighted by atomic mass is 10.1. The molecule has 0 aliphatic rings. The number of thiazole rings is 1. The fourth-order valence-corrected chi connectivity index (χ4v) is 3.73. The fourth-order valence-electron chi connectivity index (χ4n) is 2.81. The van der Waals surface area contributed by atoms with Crippen molar-refractivity contribution in [1.82, 2.24) is 14.1 Å². The van der Waals surface area contributed by atoms with E-state index in [0.717, 1.165) is 27.2 Å². The van der Waals surface area contributed by atoms with E-state index in [9.17, 15) is 4.79 Å². The van der Waals surface area contributed by atoms with Crippen molar-refractivity contribution in [2.45, 2.75) is 40.4 Å². The molecule has 3 rings (SSSR count). The van der Waals surface area contributed by atoms with Crippen molar-refractivity contribution in [1.29, 1.82) is 0 Å². The maximum Gasteiger partial charge on any atom is 0.329 e. The normalized spacial score (nSPS) is 11.3. The van der Waals surface area contributed by atoms with Crippen LogP contribution in [-0.4, -0.2) is 14.1 Å². The van der Waals surface area contributed by atoms with Crippen LogP contribution in [0.1, 0.15) is 24.3 Å². The van der Waals surface area contributed by atoms with Crippen molar-refractivity contribution >= 4 is 39.7 Å². The molecule has 1 N–H and O–H groups in total. The summed E-state index contributed by atoms with van der Waals surface area (Å²) in [5.74, 6) is 0. The molecular weight excluding hydrogens is 332 g/mol. The highest BCUT2D eigenvalue weighted by Gasteiger charge is 2.13. The minimum atomic E-state index is 0.0517. The zero-order valence-corrected chi connectivity index (χ0v) is 15.0. The number of nitrogens with zero attached hydrogens (tertiary/aromatic N) is 3. The van der Waals surface area contributed by atoms with Gasteiger partial charge in [-0.15, -0.1) is 11.3 Å². The first-order valence-electron chi connectivity index (χ1n) is 7.62. The number of hydrogen-bond donors (Lipinski definition) is 1. The molecule has 0 unspecified atom stereocenters. The third-order valence-electron chi connectivity index (χ3n) is 3.98. The van der Waals surface area contributed by atoms with E-state index in [0.29, 0.717) is 24.1 Å². The molecule has 2 aromatic heterocycles. The maximum atomic E-state index is 12.4. The summed E-state index contributed by atoms with van der Waals surface area (Å²) in [5.41, 5.74) is 4.15. The Morgan fingerprint density at radius 3 is 2.43 bits per heavy atom. The fraction of sp³-hybridized carbons (Fsp3) is 0.375. The van der Waals surface area contributed by atoms with Gasteiger partial charge in [-0.2, -0.15) is 0 Å². The zero-order chi connectivity index (χ0) is 16.6. The number of benzene rings is 1. The lowest BCUT2D eigenvalue weighted by molar-refractivity contribution is 0.671. The minimum Gasteiger partial charge on any atom is -0.380 e. The van der Waals surface area contributed by atoms with E-state index in [1.807, 2.05) is 23.0 Å². The van der Waals surface area contributed by atoms with Crippen molar-refractivity contribution in [3.63, 3.8) is 0 Å². The Hall–Kier alpha value is -1.79. The quantitative estimate of drug-likeness (QED) is 0.759. The van der Waals surface area contributed by atoms with E-state index in [4.69, 9.17) is 11.6 Å². The van der Waals surface area contributed by atoms with Gasteiger partial charge in [0.25, 0.3) is 0 Å². The van der Waals surface area contributed by atoms with E-state index in [2.05, 4.69) is 29.4 Å². The van der Waals surface area contributed by atoms with Crippen LogP contribution in [-0.2, 0) is 19.6 Å². The van der Waals surface area contributed by atoms with Crippen LogP contribution in [0.2, 0.25) is 4.47 Å². The molecule has 3 aromatic rings. The Morgan fingerprint density at radius 2 is 1.87 bits per heavy atom. The molecule has 0 atom stereocenters. The second-order valence-electron chi connectivity index (χ2n) is 5.36. The van der Waals surface area contributed by atoms with Crippen LogP contribution in [0.4, 0.5) is 5.69 Å². The average Bonchev–Trinajstić information content (AvgIpc) is 3.05. The van der Waals surface area contributed by atoms with Crippen LogP contribution in [0.3, 0.4) is 0 Å². The highest BCUT2D eigenvalue weighted by Crippen LogP contribution is 2.25. The molecule has 23 heavy (non-hydrogen) atoms. The lowest BCUT2D eigenvalue weighted by Gasteiger charge is -2.10. The van der Waals surface area contributed by atoms with Gasteiger partial charge >= 0.3 is 5.69 Å². The van der Waals surface area contributed by atoms with Crippen LogP contribution >= 0.6 is 22.9 Å². The third kappa shape index (κ3) is 2.88. The molecule has 0 fully saturated rings. The second-order valence-corrected chi connectivity index (χ2v) is 7.06. The number of fused-ring (bicyclic) bond motifs is 1. The molecule has 122 valence electrons. The van der Waals surface area contributed by atoms with Gasteiger partial charge < -0.3 is 5.32 Å². The van der Waals surface area contributed by atoms with E-state index in [1.165, 1.54) is 11.3 Å². The molecule has 7 heteroatoms. The molecule has 2 heterocycles. The summed E-state index contributed by atoms with van der Waals surface area (Å²) in [7, 11) is 0. The lowest BCUT2D eigenvalue weighted by Crippen LogP contribution is -2.23. The Labute approximate surface area is 143 Å². The summed E-state index contributed by atoms with van der Waals surface area (Å²) in [5, 5.41) is 3.42. The Morgan fingerprint density at radius 1 is 1.22 bits per heavy atom. The van der Waals surface area contributed by atoms with Gasteiger partial charge in [0, 0.05) is 29.9 Å². The number of hydrogen-bond acceptors (Lipinski definition) is 4. The molecule has 5 nitrogen and oxygen atoms in total. The van der Waals surface area contributed by atoms with Crippen LogP contribution in [0, 0.1) is 6.92 Å². The van der Waals surface area contributed by atoms with Crippen molar-refractivity contribution in [2.75, 3.05) is 5.32 Å². The zero-order valence-electron chi connectivity index (χ0n) is 13.4. The Kier molecular flexibility index (Phi) is 4.46. The Balaban J connectivity index is 2.01. The summed E-state index contributed by atoms with van der Waals surface area (Å²) in [6, 6.07) is 4.14. The summed E-state index contributed by atoms with van der Waals surface area (Å²) >= 11 is 7.33. The summed E-state index contributed by atoms with van der Waals surface area (Å²) in [6.07, 6.45) is 1.78. The van der Waals surface area contributed by atoms with Gasteiger partial charge in [-0.1, -0.05) is 11.6 Å². The average molecular weight is 351 g/mol. The Bertz CT molecular complexity index is 909. The van der Waals surface area contributed by atoms with Gasteiger partial charge in [0.15, 0.2) is 4.47 Å². The van der Waals surface area contributed by atoms with Gasteiger partial charge in [0.1, 0.15) is 0 Å². The molecular formula is C16H19ClN4OS. The van der Waals surface area contributed by atoms with Gasteiger partial charge in [-0.3, -0.25) is 9.13 Å². The molecule has 0 aliphatic heterocycles. The molecule has 1 aromatic carbocycles. The van der Waals surface area contributed by atoms with E-state index in [-0.39, 0.29) is 5.69 Å². The molecule has 0 radical (unpaired) electrons.